The molecule has 0 bridgehead atoms. The van der Waals surface area contributed by atoms with Crippen molar-refractivity contribution in [2.75, 3.05) is 19.8 Å². The van der Waals surface area contributed by atoms with Gasteiger partial charge < -0.3 is 9.47 Å². The predicted molar refractivity (Wildman–Crippen MR) is 72.1 cm³/mol. The molecule has 5 nitrogen and oxygen atoms in total. The maximum Gasteiger partial charge on any atom is 0.215 e. The maximum absolute atomic E-state index is 11.9. The summed E-state index contributed by atoms with van der Waals surface area (Å²) in [7, 11) is -3.30. The van der Waals surface area contributed by atoms with Crippen molar-refractivity contribution in [2.45, 2.75) is 25.4 Å². The summed E-state index contributed by atoms with van der Waals surface area (Å²) in [5.41, 5.74) is 1.85. The van der Waals surface area contributed by atoms with E-state index in [0.717, 1.165) is 11.1 Å². The highest BCUT2D eigenvalue weighted by atomic mass is 32.2. The number of aryl methyl sites for hydroxylation is 1. The largest absolute Gasteiger partial charge is 0.350 e. The second-order valence-corrected chi connectivity index (χ2v) is 6.41. The first-order valence-corrected chi connectivity index (χ1v) is 7.96. The van der Waals surface area contributed by atoms with Gasteiger partial charge in [0.15, 0.2) is 6.29 Å². The van der Waals surface area contributed by atoms with Gasteiger partial charge >= 0.3 is 0 Å². The molecule has 0 saturated carbocycles. The number of nitrogens with one attached hydrogen (secondary N) is 1. The van der Waals surface area contributed by atoms with E-state index in [-0.39, 0.29) is 12.0 Å². The Bertz CT molecular complexity index is 509. The molecule has 2 rings (SSSR count). The van der Waals surface area contributed by atoms with Crippen LogP contribution in [0.2, 0.25) is 0 Å². The minimum absolute atomic E-state index is 0.00105. The van der Waals surface area contributed by atoms with E-state index in [1.807, 2.05) is 31.2 Å². The smallest absolute Gasteiger partial charge is 0.215 e. The molecule has 1 aromatic rings. The van der Waals surface area contributed by atoms with Crippen molar-refractivity contribution in [2.24, 2.45) is 0 Å². The summed E-state index contributed by atoms with van der Waals surface area (Å²) in [6, 6.07) is 7.50. The molecule has 19 heavy (non-hydrogen) atoms. The zero-order valence-corrected chi connectivity index (χ0v) is 11.8. The molecule has 0 radical (unpaired) electrons. The Hall–Kier alpha value is -0.950. The Labute approximate surface area is 114 Å². The van der Waals surface area contributed by atoms with Gasteiger partial charge in [0.25, 0.3) is 0 Å². The monoisotopic (exact) mass is 285 g/mol. The molecule has 1 heterocycles. The standard InChI is InChI=1S/C13H19NO4S/c1-11-3-2-4-12(9-11)10-19(15,16)14-6-5-13-17-7-8-18-13/h2-4,9,13-14H,5-8,10H2,1H3. The Morgan fingerprint density at radius 2 is 2.05 bits per heavy atom. The summed E-state index contributed by atoms with van der Waals surface area (Å²) in [6.45, 7) is 3.44. The van der Waals surface area contributed by atoms with Gasteiger partial charge in [-0.15, -0.1) is 0 Å². The van der Waals surface area contributed by atoms with Crippen LogP contribution < -0.4 is 4.72 Å². The van der Waals surface area contributed by atoms with Gasteiger partial charge in [0.2, 0.25) is 10.0 Å². The van der Waals surface area contributed by atoms with Crippen LogP contribution >= 0.6 is 0 Å². The van der Waals surface area contributed by atoms with E-state index in [9.17, 15) is 8.42 Å². The molecule has 0 atom stereocenters. The summed E-state index contributed by atoms with van der Waals surface area (Å²) in [5.74, 6) is 0.00105. The lowest BCUT2D eigenvalue weighted by Gasteiger charge is -2.10. The molecule has 0 spiro atoms. The summed E-state index contributed by atoms with van der Waals surface area (Å²) >= 11 is 0. The Kier molecular flexibility index (Phi) is 4.93. The second kappa shape index (κ2) is 6.47. The van der Waals surface area contributed by atoms with Crippen molar-refractivity contribution < 1.29 is 17.9 Å². The number of ether oxygens (including phenoxy) is 2. The third-order valence-corrected chi connectivity index (χ3v) is 4.19. The van der Waals surface area contributed by atoms with Crippen molar-refractivity contribution in [3.05, 3.63) is 35.4 Å². The van der Waals surface area contributed by atoms with Gasteiger partial charge in [0.05, 0.1) is 19.0 Å². The van der Waals surface area contributed by atoms with Gasteiger partial charge in [-0.1, -0.05) is 29.8 Å². The van der Waals surface area contributed by atoms with Crippen LogP contribution in [0.5, 0.6) is 0 Å². The van der Waals surface area contributed by atoms with Crippen molar-refractivity contribution in [1.82, 2.24) is 4.72 Å². The highest BCUT2D eigenvalue weighted by molar-refractivity contribution is 7.88. The quantitative estimate of drug-likeness (QED) is 0.852. The Morgan fingerprint density at radius 1 is 1.32 bits per heavy atom. The number of benzene rings is 1. The fraction of sp³-hybridized carbons (Fsp3) is 0.538. The summed E-state index contributed by atoms with van der Waals surface area (Å²) < 4.78 is 36.8. The second-order valence-electron chi connectivity index (χ2n) is 4.60. The van der Waals surface area contributed by atoms with Crippen LogP contribution in [-0.4, -0.2) is 34.5 Å². The van der Waals surface area contributed by atoms with Crippen LogP contribution in [0.1, 0.15) is 17.5 Å². The highest BCUT2D eigenvalue weighted by Gasteiger charge is 2.17. The van der Waals surface area contributed by atoms with Crippen LogP contribution in [0.25, 0.3) is 0 Å². The lowest BCUT2D eigenvalue weighted by atomic mass is 10.2. The molecule has 1 fully saturated rings. The van der Waals surface area contributed by atoms with E-state index in [2.05, 4.69) is 4.72 Å². The SMILES string of the molecule is Cc1cccc(CS(=O)(=O)NCCC2OCCO2)c1. The van der Waals surface area contributed by atoms with Gasteiger partial charge in [-0.3, -0.25) is 0 Å². The molecule has 0 aromatic heterocycles. The third kappa shape index (κ3) is 4.91. The minimum Gasteiger partial charge on any atom is -0.350 e. The molecule has 0 aliphatic carbocycles. The third-order valence-electron chi connectivity index (χ3n) is 2.83. The van der Waals surface area contributed by atoms with Gasteiger partial charge in [-0.05, 0) is 12.5 Å². The van der Waals surface area contributed by atoms with Crippen molar-refractivity contribution in [3.8, 4) is 0 Å². The zero-order chi connectivity index (χ0) is 13.7. The molecular formula is C13H19NO4S. The van der Waals surface area contributed by atoms with Crippen molar-refractivity contribution in [1.29, 1.82) is 0 Å². The maximum atomic E-state index is 11.9. The lowest BCUT2D eigenvalue weighted by Crippen LogP contribution is -2.28. The zero-order valence-electron chi connectivity index (χ0n) is 11.0. The Morgan fingerprint density at radius 3 is 2.74 bits per heavy atom. The number of hydrogen-bond donors (Lipinski definition) is 1. The lowest BCUT2D eigenvalue weighted by molar-refractivity contribution is -0.0451. The van der Waals surface area contributed by atoms with Crippen LogP contribution in [-0.2, 0) is 25.2 Å². The first-order valence-electron chi connectivity index (χ1n) is 6.31. The summed E-state index contributed by atoms with van der Waals surface area (Å²) in [5, 5.41) is 0. The normalized spacial score (nSPS) is 16.9. The molecule has 1 saturated heterocycles. The van der Waals surface area contributed by atoms with Crippen LogP contribution in [0.4, 0.5) is 0 Å². The fourth-order valence-corrected chi connectivity index (χ4v) is 3.13. The van der Waals surface area contributed by atoms with E-state index in [1.54, 1.807) is 0 Å². The number of sulfonamides is 1. The molecule has 1 N–H and O–H groups in total. The molecule has 1 aromatic carbocycles. The highest BCUT2D eigenvalue weighted by Crippen LogP contribution is 2.09. The number of rotatable bonds is 6. The van der Waals surface area contributed by atoms with Gasteiger partial charge in [-0.25, -0.2) is 13.1 Å². The number of hydrogen-bond acceptors (Lipinski definition) is 4. The fourth-order valence-electron chi connectivity index (χ4n) is 1.98. The molecule has 0 unspecified atom stereocenters. The molecule has 1 aliphatic rings. The van der Waals surface area contributed by atoms with Crippen LogP contribution in [0.3, 0.4) is 0 Å². The Balaban J connectivity index is 1.81. The van der Waals surface area contributed by atoms with E-state index < -0.39 is 10.0 Å². The minimum atomic E-state index is -3.30. The predicted octanol–water partition coefficient (Wildman–Crippen LogP) is 1.18. The first kappa shape index (κ1) is 14.5. The molecule has 106 valence electrons. The topological polar surface area (TPSA) is 64.6 Å². The summed E-state index contributed by atoms with van der Waals surface area (Å²) in [4.78, 5) is 0. The molecular weight excluding hydrogens is 266 g/mol. The van der Waals surface area contributed by atoms with Gasteiger partial charge in [0, 0.05) is 13.0 Å². The van der Waals surface area contributed by atoms with E-state index in [0.29, 0.717) is 26.2 Å². The average Bonchev–Trinajstić information content (AvgIpc) is 2.81. The molecule has 6 heteroatoms. The van der Waals surface area contributed by atoms with Gasteiger partial charge in [0.1, 0.15) is 0 Å². The van der Waals surface area contributed by atoms with E-state index in [4.69, 9.17) is 9.47 Å². The van der Waals surface area contributed by atoms with E-state index in [1.165, 1.54) is 0 Å². The van der Waals surface area contributed by atoms with Crippen molar-refractivity contribution >= 4 is 10.0 Å². The average molecular weight is 285 g/mol. The summed E-state index contributed by atoms with van der Waals surface area (Å²) in [6.07, 6.45) is 0.259. The molecule has 0 amide bonds. The van der Waals surface area contributed by atoms with Gasteiger partial charge in [-0.2, -0.15) is 0 Å². The van der Waals surface area contributed by atoms with Crippen LogP contribution in [0.15, 0.2) is 24.3 Å². The molecule has 1 aliphatic heterocycles. The first-order chi connectivity index (χ1) is 9.05. The van der Waals surface area contributed by atoms with E-state index >= 15 is 0 Å². The van der Waals surface area contributed by atoms with Crippen LogP contribution in [0, 0.1) is 6.92 Å². The van der Waals surface area contributed by atoms with Crippen molar-refractivity contribution in [3.63, 3.8) is 0 Å².